The van der Waals surface area contributed by atoms with Crippen LogP contribution in [-0.2, 0) is 0 Å². The van der Waals surface area contributed by atoms with Gasteiger partial charge >= 0.3 is 0 Å². The van der Waals surface area contributed by atoms with Gasteiger partial charge in [-0.1, -0.05) is 11.6 Å². The van der Waals surface area contributed by atoms with Gasteiger partial charge < -0.3 is 9.84 Å². The van der Waals surface area contributed by atoms with Gasteiger partial charge in [-0.3, -0.25) is 0 Å². The monoisotopic (exact) mass is 186 g/mol. The van der Waals surface area contributed by atoms with Crippen LogP contribution in [0.3, 0.4) is 0 Å². The van der Waals surface area contributed by atoms with E-state index in [1.165, 1.54) is 6.07 Å². The molecule has 0 atom stereocenters. The summed E-state index contributed by atoms with van der Waals surface area (Å²) in [6.45, 7) is 4.27. The second-order valence-corrected chi connectivity index (χ2v) is 2.91. The molecular weight excluding hydrogens is 176 g/mol. The molecule has 1 rings (SSSR count). The standard InChI is InChI=1S/C9H11ClO2/c1-3-12-9-4-6(2)7(10)5-8(9)11/h4-5,11H,3H2,1-2H3. The quantitative estimate of drug-likeness (QED) is 0.770. The molecule has 0 fully saturated rings. The lowest BCUT2D eigenvalue weighted by Crippen LogP contribution is -1.92. The Balaban J connectivity index is 3.05. The number of aromatic hydroxyl groups is 1. The SMILES string of the molecule is CCOc1cc(C)c(Cl)cc1O. The van der Waals surface area contributed by atoms with Crippen LogP contribution in [0.4, 0.5) is 0 Å². The molecule has 0 aliphatic heterocycles. The summed E-state index contributed by atoms with van der Waals surface area (Å²) in [5.74, 6) is 0.576. The maximum Gasteiger partial charge on any atom is 0.161 e. The summed E-state index contributed by atoms with van der Waals surface area (Å²) in [6.07, 6.45) is 0. The van der Waals surface area contributed by atoms with Gasteiger partial charge in [0.1, 0.15) is 0 Å². The van der Waals surface area contributed by atoms with Crippen molar-refractivity contribution >= 4 is 11.6 Å². The zero-order chi connectivity index (χ0) is 9.14. The number of phenols is 1. The highest BCUT2D eigenvalue weighted by molar-refractivity contribution is 6.31. The fourth-order valence-corrected chi connectivity index (χ4v) is 1.07. The van der Waals surface area contributed by atoms with Crippen molar-refractivity contribution in [1.29, 1.82) is 0 Å². The third-order valence-electron chi connectivity index (χ3n) is 1.54. The van der Waals surface area contributed by atoms with E-state index in [4.69, 9.17) is 16.3 Å². The normalized spacial score (nSPS) is 9.92. The lowest BCUT2D eigenvalue weighted by atomic mass is 10.2. The Labute approximate surface area is 76.7 Å². The average molecular weight is 187 g/mol. The Kier molecular flexibility index (Phi) is 2.82. The van der Waals surface area contributed by atoms with Crippen LogP contribution >= 0.6 is 11.6 Å². The summed E-state index contributed by atoms with van der Waals surface area (Å²) in [6, 6.07) is 3.21. The van der Waals surface area contributed by atoms with E-state index in [2.05, 4.69) is 0 Å². The van der Waals surface area contributed by atoms with Gasteiger partial charge in [-0.05, 0) is 25.5 Å². The van der Waals surface area contributed by atoms with Gasteiger partial charge in [0.15, 0.2) is 11.5 Å². The number of hydrogen-bond donors (Lipinski definition) is 1. The van der Waals surface area contributed by atoms with Gasteiger partial charge in [0.25, 0.3) is 0 Å². The van der Waals surface area contributed by atoms with Gasteiger partial charge in [0.05, 0.1) is 6.61 Å². The van der Waals surface area contributed by atoms with Crippen LogP contribution in [0.25, 0.3) is 0 Å². The molecule has 0 unspecified atom stereocenters. The molecule has 0 amide bonds. The largest absolute Gasteiger partial charge is 0.504 e. The first kappa shape index (κ1) is 9.20. The molecule has 1 aromatic rings. The van der Waals surface area contributed by atoms with E-state index >= 15 is 0 Å². The van der Waals surface area contributed by atoms with Gasteiger partial charge in [0.2, 0.25) is 0 Å². The molecular formula is C9H11ClO2. The van der Waals surface area contributed by atoms with Gasteiger partial charge in [0, 0.05) is 11.1 Å². The maximum absolute atomic E-state index is 9.34. The van der Waals surface area contributed by atoms with E-state index in [9.17, 15) is 5.11 Å². The van der Waals surface area contributed by atoms with E-state index < -0.39 is 0 Å². The molecule has 0 saturated heterocycles. The molecule has 0 saturated carbocycles. The van der Waals surface area contributed by atoms with E-state index in [1.54, 1.807) is 6.07 Å². The summed E-state index contributed by atoms with van der Waals surface area (Å²) in [7, 11) is 0. The van der Waals surface area contributed by atoms with Gasteiger partial charge in [-0.2, -0.15) is 0 Å². The number of benzene rings is 1. The molecule has 1 N–H and O–H groups in total. The van der Waals surface area contributed by atoms with Crippen molar-refractivity contribution in [3.8, 4) is 11.5 Å². The van der Waals surface area contributed by atoms with Crippen molar-refractivity contribution in [2.75, 3.05) is 6.61 Å². The number of hydrogen-bond acceptors (Lipinski definition) is 2. The molecule has 0 aliphatic carbocycles. The Morgan fingerprint density at radius 3 is 2.75 bits per heavy atom. The first-order valence-electron chi connectivity index (χ1n) is 3.77. The zero-order valence-corrected chi connectivity index (χ0v) is 7.85. The molecule has 3 heteroatoms. The highest BCUT2D eigenvalue weighted by Crippen LogP contribution is 2.31. The summed E-state index contributed by atoms with van der Waals surface area (Å²) in [5, 5.41) is 9.89. The van der Waals surface area contributed by atoms with Crippen molar-refractivity contribution < 1.29 is 9.84 Å². The van der Waals surface area contributed by atoms with Crippen molar-refractivity contribution in [3.63, 3.8) is 0 Å². The third-order valence-corrected chi connectivity index (χ3v) is 1.95. The molecule has 66 valence electrons. The lowest BCUT2D eigenvalue weighted by Gasteiger charge is -2.07. The average Bonchev–Trinajstić information content (AvgIpc) is 2.01. The molecule has 1 aromatic carbocycles. The molecule has 2 nitrogen and oxygen atoms in total. The van der Waals surface area contributed by atoms with Crippen LogP contribution in [0.1, 0.15) is 12.5 Å². The second-order valence-electron chi connectivity index (χ2n) is 2.50. The van der Waals surface area contributed by atoms with E-state index in [1.807, 2.05) is 13.8 Å². The van der Waals surface area contributed by atoms with E-state index in [0.29, 0.717) is 17.4 Å². The minimum Gasteiger partial charge on any atom is -0.504 e. The summed E-state index contributed by atoms with van der Waals surface area (Å²) in [4.78, 5) is 0. The van der Waals surface area contributed by atoms with Crippen molar-refractivity contribution in [2.45, 2.75) is 13.8 Å². The Morgan fingerprint density at radius 2 is 2.17 bits per heavy atom. The minimum atomic E-state index is 0.0902. The minimum absolute atomic E-state index is 0.0902. The van der Waals surface area contributed by atoms with Crippen LogP contribution in [0.5, 0.6) is 11.5 Å². The topological polar surface area (TPSA) is 29.5 Å². The Bertz CT molecular complexity index is 284. The smallest absolute Gasteiger partial charge is 0.161 e. The first-order chi connectivity index (χ1) is 5.65. The summed E-state index contributed by atoms with van der Waals surface area (Å²) in [5.41, 5.74) is 0.901. The Hall–Kier alpha value is -0.890. The van der Waals surface area contributed by atoms with Crippen LogP contribution in [-0.4, -0.2) is 11.7 Å². The van der Waals surface area contributed by atoms with Crippen LogP contribution < -0.4 is 4.74 Å². The fourth-order valence-electron chi connectivity index (χ4n) is 0.916. The highest BCUT2D eigenvalue weighted by atomic mass is 35.5. The van der Waals surface area contributed by atoms with Crippen molar-refractivity contribution in [3.05, 3.63) is 22.7 Å². The predicted octanol–water partition coefficient (Wildman–Crippen LogP) is 2.75. The third kappa shape index (κ3) is 1.83. The van der Waals surface area contributed by atoms with Crippen LogP contribution in [0.2, 0.25) is 5.02 Å². The molecule has 0 aliphatic rings. The summed E-state index contributed by atoms with van der Waals surface area (Å²) < 4.78 is 5.16. The number of rotatable bonds is 2. The molecule has 0 radical (unpaired) electrons. The van der Waals surface area contributed by atoms with Gasteiger partial charge in [-0.15, -0.1) is 0 Å². The molecule has 0 heterocycles. The van der Waals surface area contributed by atoms with Crippen LogP contribution in [0, 0.1) is 6.92 Å². The maximum atomic E-state index is 9.34. The van der Waals surface area contributed by atoms with Gasteiger partial charge in [-0.25, -0.2) is 0 Å². The Morgan fingerprint density at radius 1 is 1.50 bits per heavy atom. The number of phenolic OH excluding ortho intramolecular Hbond substituents is 1. The summed E-state index contributed by atoms with van der Waals surface area (Å²) >= 11 is 5.77. The first-order valence-corrected chi connectivity index (χ1v) is 4.15. The fraction of sp³-hybridized carbons (Fsp3) is 0.333. The second kappa shape index (κ2) is 3.68. The number of aryl methyl sites for hydroxylation is 1. The molecule has 0 aromatic heterocycles. The molecule has 12 heavy (non-hydrogen) atoms. The van der Waals surface area contributed by atoms with E-state index in [0.717, 1.165) is 5.56 Å². The predicted molar refractivity (Wildman–Crippen MR) is 49.0 cm³/mol. The zero-order valence-electron chi connectivity index (χ0n) is 7.10. The van der Waals surface area contributed by atoms with Crippen molar-refractivity contribution in [1.82, 2.24) is 0 Å². The molecule has 0 spiro atoms. The van der Waals surface area contributed by atoms with E-state index in [-0.39, 0.29) is 5.75 Å². The molecule has 0 bridgehead atoms. The number of ether oxygens (including phenoxy) is 1. The van der Waals surface area contributed by atoms with Crippen molar-refractivity contribution in [2.24, 2.45) is 0 Å². The lowest BCUT2D eigenvalue weighted by molar-refractivity contribution is 0.318. The van der Waals surface area contributed by atoms with Crippen LogP contribution in [0.15, 0.2) is 12.1 Å². The number of halogens is 1. The highest BCUT2D eigenvalue weighted by Gasteiger charge is 2.04.